The normalized spacial score (nSPS) is 28.1. The lowest BCUT2D eigenvalue weighted by Gasteiger charge is -2.19. The topological polar surface area (TPSA) is 71.4 Å². The molecule has 1 aliphatic heterocycles. The lowest BCUT2D eigenvalue weighted by atomic mass is 9.81. The van der Waals surface area contributed by atoms with Crippen molar-refractivity contribution in [2.45, 2.75) is 33.1 Å². The van der Waals surface area contributed by atoms with Crippen LogP contribution in [-0.2, 0) is 9.59 Å². The zero-order chi connectivity index (χ0) is 19.6. The molecule has 4 atom stereocenters. The molecule has 1 saturated heterocycles. The summed E-state index contributed by atoms with van der Waals surface area (Å²) in [4.78, 5) is 40.1. The van der Waals surface area contributed by atoms with Crippen LogP contribution in [0.4, 0.5) is 5.69 Å². The van der Waals surface area contributed by atoms with Gasteiger partial charge >= 0.3 is 0 Å². The Labute approximate surface area is 163 Å². The maximum Gasteiger partial charge on any atom is 0.270 e. The molecule has 1 aromatic carbocycles. The van der Waals surface area contributed by atoms with Gasteiger partial charge in [-0.15, -0.1) is 0 Å². The number of amides is 3. The summed E-state index contributed by atoms with van der Waals surface area (Å²) in [7, 11) is 0. The summed E-state index contributed by atoms with van der Waals surface area (Å²) in [6.07, 6.45) is 3.12. The highest BCUT2D eigenvalue weighted by Gasteiger charge is 2.61. The van der Waals surface area contributed by atoms with Crippen molar-refractivity contribution >= 4 is 23.4 Å². The van der Waals surface area contributed by atoms with E-state index in [0.29, 0.717) is 23.1 Å². The number of hydrogen-bond donors (Lipinski definition) is 1. The molecule has 0 spiro atoms. The Morgan fingerprint density at radius 3 is 2.18 bits per heavy atom. The van der Waals surface area contributed by atoms with Gasteiger partial charge in [-0.1, -0.05) is 6.07 Å². The predicted molar refractivity (Wildman–Crippen MR) is 104 cm³/mol. The van der Waals surface area contributed by atoms with Crippen LogP contribution in [0.2, 0.25) is 0 Å². The third-order valence-corrected chi connectivity index (χ3v) is 6.78. The summed E-state index contributed by atoms with van der Waals surface area (Å²) in [5, 5.41) is 0. The molecule has 3 aliphatic rings. The molecule has 1 N–H and O–H groups in total. The van der Waals surface area contributed by atoms with Gasteiger partial charge in [0.1, 0.15) is 0 Å². The molecule has 2 bridgehead atoms. The summed E-state index contributed by atoms with van der Waals surface area (Å²) in [6, 6.07) is 10.7. The van der Waals surface area contributed by atoms with Crippen LogP contribution < -0.4 is 10.3 Å². The fourth-order valence-electron chi connectivity index (χ4n) is 5.46. The van der Waals surface area contributed by atoms with Crippen LogP contribution in [0.1, 0.15) is 41.0 Å². The van der Waals surface area contributed by atoms with Gasteiger partial charge in [-0.05, 0) is 75.3 Å². The number of carbonyl (C=O) groups is 3. The van der Waals surface area contributed by atoms with Crippen molar-refractivity contribution in [3.63, 3.8) is 0 Å². The van der Waals surface area contributed by atoms with Crippen molar-refractivity contribution < 1.29 is 14.4 Å². The molecule has 2 heterocycles. The number of nitrogens with one attached hydrogen (secondary N) is 1. The Hall–Kier alpha value is -2.89. The van der Waals surface area contributed by atoms with E-state index in [1.807, 2.05) is 26.0 Å². The van der Waals surface area contributed by atoms with Gasteiger partial charge in [0.25, 0.3) is 5.91 Å². The van der Waals surface area contributed by atoms with E-state index in [-0.39, 0.29) is 29.6 Å². The molecule has 0 unspecified atom stereocenters. The van der Waals surface area contributed by atoms with E-state index < -0.39 is 0 Å². The van der Waals surface area contributed by atoms with E-state index in [0.717, 1.165) is 30.7 Å². The molecule has 2 aliphatic carbocycles. The summed E-state index contributed by atoms with van der Waals surface area (Å²) < 4.78 is 1.73. The second-order valence-corrected chi connectivity index (χ2v) is 8.34. The standard InChI is InChI=1S/C22H23N3O3/c1-12-6-7-13(2)25(12)23-20(26)16-4-3-5-17(11-16)24-21(27)18-14-8-9-15(10-14)19(18)22(24)28/h3-7,11,14-15,18-19H,8-10H2,1-2H3,(H,23,26)/t14-,15-,18-,19-/m0/s1. The van der Waals surface area contributed by atoms with Gasteiger partial charge in [-0.3, -0.25) is 29.4 Å². The number of fused-ring (bicyclic) bond motifs is 5. The number of imide groups is 1. The number of aryl methyl sites for hydroxylation is 2. The van der Waals surface area contributed by atoms with E-state index >= 15 is 0 Å². The van der Waals surface area contributed by atoms with Gasteiger partial charge in [0.05, 0.1) is 17.5 Å². The molecule has 5 rings (SSSR count). The number of hydrogen-bond acceptors (Lipinski definition) is 3. The van der Waals surface area contributed by atoms with Crippen LogP contribution in [0.15, 0.2) is 36.4 Å². The van der Waals surface area contributed by atoms with Crippen molar-refractivity contribution in [3.05, 3.63) is 53.3 Å². The second kappa shape index (κ2) is 6.06. The molecular formula is C22H23N3O3. The Morgan fingerprint density at radius 1 is 0.964 bits per heavy atom. The summed E-state index contributed by atoms with van der Waals surface area (Å²) >= 11 is 0. The molecule has 6 nitrogen and oxygen atoms in total. The van der Waals surface area contributed by atoms with Crippen molar-refractivity contribution in [3.8, 4) is 0 Å². The number of rotatable bonds is 3. The van der Waals surface area contributed by atoms with Crippen molar-refractivity contribution in [2.75, 3.05) is 10.3 Å². The number of benzene rings is 1. The number of aromatic nitrogens is 1. The van der Waals surface area contributed by atoms with Crippen LogP contribution in [-0.4, -0.2) is 22.4 Å². The van der Waals surface area contributed by atoms with E-state index in [2.05, 4.69) is 5.43 Å². The minimum absolute atomic E-state index is 0.0862. The van der Waals surface area contributed by atoms with Gasteiger partial charge < -0.3 is 0 Å². The molecule has 1 aromatic heterocycles. The van der Waals surface area contributed by atoms with Crippen LogP contribution in [0.25, 0.3) is 0 Å². The minimum atomic E-state index is -0.274. The highest BCUT2D eigenvalue weighted by molar-refractivity contribution is 6.23. The average molecular weight is 377 g/mol. The summed E-state index contributed by atoms with van der Waals surface area (Å²) in [5.74, 6) is -0.0645. The van der Waals surface area contributed by atoms with E-state index in [1.54, 1.807) is 28.9 Å². The summed E-state index contributed by atoms with van der Waals surface area (Å²) in [5.41, 5.74) is 5.64. The van der Waals surface area contributed by atoms with Crippen LogP contribution >= 0.6 is 0 Å². The number of carbonyl (C=O) groups excluding carboxylic acids is 3. The summed E-state index contributed by atoms with van der Waals surface area (Å²) in [6.45, 7) is 3.83. The smallest absolute Gasteiger partial charge is 0.270 e. The Bertz CT molecular complexity index is 961. The molecule has 2 saturated carbocycles. The van der Waals surface area contributed by atoms with Crippen LogP contribution in [0, 0.1) is 37.5 Å². The van der Waals surface area contributed by atoms with E-state index in [1.165, 1.54) is 4.90 Å². The number of nitrogens with zero attached hydrogens (tertiary/aromatic N) is 2. The first-order valence-corrected chi connectivity index (χ1v) is 9.90. The van der Waals surface area contributed by atoms with Gasteiger partial charge in [0, 0.05) is 17.0 Å². The maximum absolute atomic E-state index is 13.0. The van der Waals surface area contributed by atoms with Gasteiger partial charge in [0.15, 0.2) is 0 Å². The molecule has 3 amide bonds. The molecule has 6 heteroatoms. The molecule has 2 aromatic rings. The SMILES string of the molecule is Cc1ccc(C)n1NC(=O)c1cccc(N2C(=O)[C@H]3[C@H]4CC[C@@H](C4)[C@@H]3C2=O)c1. The quantitative estimate of drug-likeness (QED) is 0.836. The number of anilines is 1. The minimum Gasteiger partial charge on any atom is -0.274 e. The van der Waals surface area contributed by atoms with Gasteiger partial charge in [-0.25, -0.2) is 0 Å². The predicted octanol–water partition coefficient (Wildman–Crippen LogP) is 3.02. The average Bonchev–Trinajstić information content (AvgIpc) is 3.43. The Morgan fingerprint density at radius 2 is 1.57 bits per heavy atom. The third kappa shape index (κ3) is 2.37. The van der Waals surface area contributed by atoms with Crippen molar-refractivity contribution in [2.24, 2.45) is 23.7 Å². The first kappa shape index (κ1) is 17.2. The first-order chi connectivity index (χ1) is 13.5. The fraction of sp³-hybridized carbons (Fsp3) is 0.409. The Balaban J connectivity index is 1.43. The highest BCUT2D eigenvalue weighted by Crippen LogP contribution is 2.56. The molecule has 144 valence electrons. The van der Waals surface area contributed by atoms with Crippen molar-refractivity contribution in [1.82, 2.24) is 4.68 Å². The molecule has 3 fully saturated rings. The third-order valence-electron chi connectivity index (χ3n) is 6.78. The lowest BCUT2D eigenvalue weighted by Crippen LogP contribution is -2.33. The van der Waals surface area contributed by atoms with E-state index in [9.17, 15) is 14.4 Å². The molecule has 28 heavy (non-hydrogen) atoms. The highest BCUT2D eigenvalue weighted by atomic mass is 16.2. The van der Waals surface area contributed by atoms with Crippen LogP contribution in [0.3, 0.4) is 0 Å². The fourth-order valence-corrected chi connectivity index (χ4v) is 5.46. The Kier molecular flexibility index (Phi) is 3.73. The molecule has 0 radical (unpaired) electrons. The molecular weight excluding hydrogens is 354 g/mol. The zero-order valence-corrected chi connectivity index (χ0v) is 16.0. The second-order valence-electron chi connectivity index (χ2n) is 8.34. The van der Waals surface area contributed by atoms with Crippen molar-refractivity contribution in [1.29, 1.82) is 0 Å². The van der Waals surface area contributed by atoms with Gasteiger partial charge in [0.2, 0.25) is 11.8 Å². The maximum atomic E-state index is 13.0. The van der Waals surface area contributed by atoms with Gasteiger partial charge in [-0.2, -0.15) is 0 Å². The van der Waals surface area contributed by atoms with Crippen LogP contribution in [0.5, 0.6) is 0 Å². The monoisotopic (exact) mass is 377 g/mol. The van der Waals surface area contributed by atoms with E-state index in [4.69, 9.17) is 0 Å². The lowest BCUT2D eigenvalue weighted by molar-refractivity contribution is -0.123. The largest absolute Gasteiger partial charge is 0.274 e. The first-order valence-electron chi connectivity index (χ1n) is 9.90. The zero-order valence-electron chi connectivity index (χ0n) is 16.0.